The Kier molecular flexibility index (Phi) is 3.83. The van der Waals surface area contributed by atoms with Gasteiger partial charge < -0.3 is 4.74 Å². The molecule has 0 aliphatic rings. The van der Waals surface area contributed by atoms with Gasteiger partial charge in [-0.3, -0.25) is 0 Å². The van der Waals surface area contributed by atoms with E-state index in [0.29, 0.717) is 6.61 Å². The molecule has 0 radical (unpaired) electrons. The van der Waals surface area contributed by atoms with E-state index < -0.39 is 0 Å². The lowest BCUT2D eigenvalue weighted by atomic mass is 10.1. The van der Waals surface area contributed by atoms with Crippen LogP contribution in [0.1, 0.15) is 0 Å². The number of nitrogens with zero attached hydrogens (tertiary/aromatic N) is 4. The number of tetrazole rings is 1. The molecule has 0 aliphatic carbocycles. The second kappa shape index (κ2) is 5.92. The molecule has 0 N–H and O–H groups in total. The highest BCUT2D eigenvalue weighted by Gasteiger charge is 2.02. The van der Waals surface area contributed by atoms with Crippen LogP contribution < -0.4 is 4.74 Å². The summed E-state index contributed by atoms with van der Waals surface area (Å²) in [6.07, 6.45) is 0. The van der Waals surface area contributed by atoms with Crippen molar-refractivity contribution in [3.8, 4) is 5.75 Å². The molecule has 0 atom stereocenters. The molecule has 3 aromatic rings. The van der Waals surface area contributed by atoms with Gasteiger partial charge in [-0.25, -0.2) is 4.68 Å². The first-order valence-electron chi connectivity index (χ1n) is 6.30. The van der Waals surface area contributed by atoms with Crippen LogP contribution in [0.15, 0.2) is 47.6 Å². The van der Waals surface area contributed by atoms with Crippen LogP contribution in [-0.4, -0.2) is 32.6 Å². The number of aryl methyl sites for hydroxylation is 1. The Morgan fingerprint density at radius 1 is 1.15 bits per heavy atom. The molecular formula is C14H14N4OS. The van der Waals surface area contributed by atoms with E-state index >= 15 is 0 Å². The summed E-state index contributed by atoms with van der Waals surface area (Å²) in [5, 5.41) is 14.5. The average Bonchev–Trinajstić information content (AvgIpc) is 2.89. The topological polar surface area (TPSA) is 52.8 Å². The molecule has 0 bridgehead atoms. The second-order valence-electron chi connectivity index (χ2n) is 4.29. The van der Waals surface area contributed by atoms with E-state index in [1.165, 1.54) is 10.8 Å². The summed E-state index contributed by atoms with van der Waals surface area (Å²) >= 11 is 1.58. The van der Waals surface area contributed by atoms with Crippen molar-refractivity contribution in [3.63, 3.8) is 0 Å². The van der Waals surface area contributed by atoms with Gasteiger partial charge in [0, 0.05) is 12.8 Å². The van der Waals surface area contributed by atoms with Gasteiger partial charge in [0.25, 0.3) is 0 Å². The number of aromatic nitrogens is 4. The Morgan fingerprint density at radius 3 is 2.80 bits per heavy atom. The quantitative estimate of drug-likeness (QED) is 0.533. The Bertz CT molecular complexity index is 713. The van der Waals surface area contributed by atoms with Gasteiger partial charge in [0.1, 0.15) is 5.75 Å². The number of thioether (sulfide) groups is 1. The fourth-order valence-corrected chi connectivity index (χ4v) is 2.56. The van der Waals surface area contributed by atoms with Crippen molar-refractivity contribution in [1.82, 2.24) is 20.2 Å². The van der Waals surface area contributed by atoms with Gasteiger partial charge in [-0.15, -0.1) is 5.10 Å². The van der Waals surface area contributed by atoms with Crippen LogP contribution >= 0.6 is 11.8 Å². The predicted molar refractivity (Wildman–Crippen MR) is 79.0 cm³/mol. The number of rotatable bonds is 5. The summed E-state index contributed by atoms with van der Waals surface area (Å²) in [7, 11) is 1.83. The first-order valence-corrected chi connectivity index (χ1v) is 7.28. The van der Waals surface area contributed by atoms with Gasteiger partial charge in [-0.2, -0.15) is 0 Å². The minimum Gasteiger partial charge on any atom is -0.493 e. The van der Waals surface area contributed by atoms with Crippen LogP contribution in [0.2, 0.25) is 0 Å². The summed E-state index contributed by atoms with van der Waals surface area (Å²) < 4.78 is 7.41. The molecule has 0 saturated carbocycles. The summed E-state index contributed by atoms with van der Waals surface area (Å²) in [4.78, 5) is 0. The van der Waals surface area contributed by atoms with Crippen molar-refractivity contribution in [3.05, 3.63) is 42.5 Å². The molecular weight excluding hydrogens is 272 g/mol. The van der Waals surface area contributed by atoms with Crippen LogP contribution in [0.4, 0.5) is 0 Å². The van der Waals surface area contributed by atoms with Crippen LogP contribution in [0, 0.1) is 0 Å². The van der Waals surface area contributed by atoms with E-state index in [2.05, 4.69) is 39.8 Å². The van der Waals surface area contributed by atoms with E-state index in [9.17, 15) is 0 Å². The van der Waals surface area contributed by atoms with Crippen LogP contribution in [0.25, 0.3) is 10.8 Å². The maximum Gasteiger partial charge on any atom is 0.209 e. The molecule has 0 saturated heterocycles. The smallest absolute Gasteiger partial charge is 0.209 e. The molecule has 102 valence electrons. The normalized spacial score (nSPS) is 10.8. The van der Waals surface area contributed by atoms with Crippen molar-refractivity contribution in [2.75, 3.05) is 12.4 Å². The monoisotopic (exact) mass is 286 g/mol. The Labute approximate surface area is 120 Å². The van der Waals surface area contributed by atoms with Gasteiger partial charge >= 0.3 is 0 Å². The summed E-state index contributed by atoms with van der Waals surface area (Å²) in [6.45, 7) is 0.621. The standard InChI is InChI=1S/C14H14N4OS/c1-18-14(15-16-17-18)20-9-8-19-13-7-6-11-4-2-3-5-12(11)10-13/h2-7,10H,8-9H2,1H3. The molecule has 0 amide bonds. The molecule has 0 unspecified atom stereocenters. The van der Waals surface area contributed by atoms with E-state index in [1.54, 1.807) is 16.4 Å². The third-order valence-corrected chi connectivity index (χ3v) is 3.86. The highest BCUT2D eigenvalue weighted by atomic mass is 32.2. The number of fused-ring (bicyclic) bond motifs is 1. The lowest BCUT2D eigenvalue weighted by Crippen LogP contribution is -2.02. The third kappa shape index (κ3) is 2.91. The van der Waals surface area contributed by atoms with E-state index in [-0.39, 0.29) is 0 Å². The summed E-state index contributed by atoms with van der Waals surface area (Å²) in [5.41, 5.74) is 0. The molecule has 1 aromatic heterocycles. The first-order chi connectivity index (χ1) is 9.83. The zero-order chi connectivity index (χ0) is 13.8. The Balaban J connectivity index is 1.56. The van der Waals surface area contributed by atoms with Gasteiger partial charge in [-0.1, -0.05) is 42.1 Å². The number of hydrogen-bond acceptors (Lipinski definition) is 5. The number of hydrogen-bond donors (Lipinski definition) is 0. The molecule has 0 spiro atoms. The molecule has 0 aliphatic heterocycles. The summed E-state index contributed by atoms with van der Waals surface area (Å²) in [5.74, 6) is 1.70. The van der Waals surface area contributed by atoms with E-state index in [4.69, 9.17) is 4.74 Å². The fraction of sp³-hybridized carbons (Fsp3) is 0.214. The highest BCUT2D eigenvalue weighted by Crippen LogP contribution is 2.21. The molecule has 0 fully saturated rings. The predicted octanol–water partition coefficient (Wildman–Crippen LogP) is 2.53. The zero-order valence-corrected chi connectivity index (χ0v) is 11.9. The number of ether oxygens (including phenoxy) is 1. The number of benzene rings is 2. The summed E-state index contributed by atoms with van der Waals surface area (Å²) in [6, 6.07) is 14.4. The van der Waals surface area contributed by atoms with Gasteiger partial charge in [0.15, 0.2) is 0 Å². The van der Waals surface area contributed by atoms with Gasteiger partial charge in [0.2, 0.25) is 5.16 Å². The maximum atomic E-state index is 5.75. The van der Waals surface area contributed by atoms with Crippen molar-refractivity contribution in [1.29, 1.82) is 0 Å². The lowest BCUT2D eigenvalue weighted by molar-refractivity contribution is 0.344. The van der Waals surface area contributed by atoms with Gasteiger partial charge in [0.05, 0.1) is 6.61 Å². The SMILES string of the molecule is Cn1nnnc1SCCOc1ccc2ccccc2c1. The second-order valence-corrected chi connectivity index (χ2v) is 5.35. The Hall–Kier alpha value is -2.08. The van der Waals surface area contributed by atoms with Gasteiger partial charge in [-0.05, 0) is 33.3 Å². The molecule has 5 nitrogen and oxygen atoms in total. The van der Waals surface area contributed by atoms with Crippen LogP contribution in [-0.2, 0) is 7.05 Å². The van der Waals surface area contributed by atoms with Crippen molar-refractivity contribution >= 4 is 22.5 Å². The molecule has 1 heterocycles. The Morgan fingerprint density at radius 2 is 2.00 bits per heavy atom. The van der Waals surface area contributed by atoms with Crippen LogP contribution in [0.5, 0.6) is 5.75 Å². The molecule has 3 rings (SSSR count). The molecule has 20 heavy (non-hydrogen) atoms. The van der Waals surface area contributed by atoms with E-state index in [1.807, 2.05) is 25.2 Å². The first kappa shape index (κ1) is 12.9. The van der Waals surface area contributed by atoms with Crippen molar-refractivity contribution in [2.24, 2.45) is 7.05 Å². The van der Waals surface area contributed by atoms with Crippen molar-refractivity contribution < 1.29 is 4.74 Å². The molecule has 2 aromatic carbocycles. The average molecular weight is 286 g/mol. The zero-order valence-electron chi connectivity index (χ0n) is 11.1. The minimum atomic E-state index is 0.621. The molecule has 6 heteroatoms. The largest absolute Gasteiger partial charge is 0.493 e. The highest BCUT2D eigenvalue weighted by molar-refractivity contribution is 7.99. The fourth-order valence-electron chi connectivity index (χ4n) is 1.89. The van der Waals surface area contributed by atoms with Crippen LogP contribution in [0.3, 0.4) is 0 Å². The van der Waals surface area contributed by atoms with Crippen molar-refractivity contribution in [2.45, 2.75) is 5.16 Å². The lowest BCUT2D eigenvalue weighted by Gasteiger charge is -2.06. The third-order valence-electron chi connectivity index (χ3n) is 2.89. The maximum absolute atomic E-state index is 5.75. The van der Waals surface area contributed by atoms with E-state index in [0.717, 1.165) is 16.7 Å². The minimum absolute atomic E-state index is 0.621.